The highest BCUT2D eigenvalue weighted by molar-refractivity contribution is 6.42. The minimum Gasteiger partial charge on any atom is -0.484 e. The number of rotatable bonds is 7. The number of aryl methyl sites for hydroxylation is 1. The lowest BCUT2D eigenvalue weighted by Crippen LogP contribution is -2.53. The van der Waals surface area contributed by atoms with E-state index in [1.54, 1.807) is 25.1 Å². The van der Waals surface area contributed by atoms with Crippen LogP contribution in [0.3, 0.4) is 0 Å². The van der Waals surface area contributed by atoms with Crippen molar-refractivity contribution >= 4 is 35.0 Å². The first kappa shape index (κ1) is 24.0. The molecule has 0 saturated heterocycles. The van der Waals surface area contributed by atoms with E-state index in [4.69, 9.17) is 27.9 Å². The number of nitrogens with one attached hydrogen (secondary N) is 1. The van der Waals surface area contributed by atoms with Crippen LogP contribution in [0, 0.1) is 6.92 Å². The molecular formula is C23H28Cl2N2O3. The number of ether oxygens (including phenoxy) is 1. The molecule has 0 fully saturated rings. The summed E-state index contributed by atoms with van der Waals surface area (Å²) in [7, 11) is 0. The third-order valence-corrected chi connectivity index (χ3v) is 5.19. The second-order valence-electron chi connectivity index (χ2n) is 8.24. The predicted molar refractivity (Wildman–Crippen MR) is 121 cm³/mol. The Balaban J connectivity index is 2.22. The van der Waals surface area contributed by atoms with Gasteiger partial charge in [-0.1, -0.05) is 47.5 Å². The van der Waals surface area contributed by atoms with E-state index in [0.717, 1.165) is 11.1 Å². The van der Waals surface area contributed by atoms with Gasteiger partial charge in [-0.05, 0) is 63.9 Å². The lowest BCUT2D eigenvalue weighted by Gasteiger charge is -2.31. The van der Waals surface area contributed by atoms with E-state index in [1.165, 1.54) is 4.90 Å². The van der Waals surface area contributed by atoms with Gasteiger partial charge in [-0.15, -0.1) is 0 Å². The maximum atomic E-state index is 13.1. The third-order valence-electron chi connectivity index (χ3n) is 4.45. The van der Waals surface area contributed by atoms with Gasteiger partial charge in [-0.2, -0.15) is 0 Å². The molecule has 2 amide bonds. The summed E-state index contributed by atoms with van der Waals surface area (Å²) in [4.78, 5) is 27.3. The maximum absolute atomic E-state index is 13.1. The molecule has 7 heteroatoms. The summed E-state index contributed by atoms with van der Waals surface area (Å²) in [6.45, 7) is 9.31. The van der Waals surface area contributed by atoms with Crippen LogP contribution in [0.25, 0.3) is 0 Å². The summed E-state index contributed by atoms with van der Waals surface area (Å²) in [5.74, 6) is 0.0832. The van der Waals surface area contributed by atoms with Crippen LogP contribution in [0.4, 0.5) is 0 Å². The Kier molecular flexibility index (Phi) is 8.16. The fraction of sp³-hybridized carbons (Fsp3) is 0.391. The molecule has 0 bridgehead atoms. The third kappa shape index (κ3) is 6.92. The Morgan fingerprint density at radius 1 is 1.10 bits per heavy atom. The number of para-hydroxylation sites is 1. The molecule has 0 radical (unpaired) electrons. The molecule has 2 rings (SSSR count). The number of amides is 2. The highest BCUT2D eigenvalue weighted by Gasteiger charge is 2.28. The van der Waals surface area contributed by atoms with Crippen LogP contribution >= 0.6 is 23.2 Å². The van der Waals surface area contributed by atoms with Crippen molar-refractivity contribution in [2.75, 3.05) is 6.61 Å². The van der Waals surface area contributed by atoms with Crippen molar-refractivity contribution < 1.29 is 14.3 Å². The van der Waals surface area contributed by atoms with Crippen molar-refractivity contribution in [3.05, 3.63) is 63.6 Å². The number of halogens is 2. The number of nitrogens with zero attached hydrogens (tertiary/aromatic N) is 1. The average Bonchev–Trinajstić information content (AvgIpc) is 2.66. The number of benzene rings is 2. The Bertz CT molecular complexity index is 910. The summed E-state index contributed by atoms with van der Waals surface area (Å²) < 4.78 is 5.72. The van der Waals surface area contributed by atoms with Crippen molar-refractivity contribution in [3.63, 3.8) is 0 Å². The molecule has 0 saturated carbocycles. The fourth-order valence-corrected chi connectivity index (χ4v) is 3.15. The van der Waals surface area contributed by atoms with Gasteiger partial charge in [0.05, 0.1) is 10.0 Å². The van der Waals surface area contributed by atoms with Crippen LogP contribution in [0.15, 0.2) is 42.5 Å². The van der Waals surface area contributed by atoms with Crippen molar-refractivity contribution in [2.45, 2.75) is 52.7 Å². The van der Waals surface area contributed by atoms with Gasteiger partial charge in [0, 0.05) is 12.1 Å². The Morgan fingerprint density at radius 3 is 2.37 bits per heavy atom. The Morgan fingerprint density at radius 2 is 1.77 bits per heavy atom. The second-order valence-corrected chi connectivity index (χ2v) is 9.05. The normalized spacial score (nSPS) is 12.2. The first-order valence-corrected chi connectivity index (χ1v) is 10.5. The van der Waals surface area contributed by atoms with E-state index >= 15 is 0 Å². The molecule has 2 aromatic carbocycles. The fourth-order valence-electron chi connectivity index (χ4n) is 2.83. The first-order valence-electron chi connectivity index (χ1n) is 9.72. The Labute approximate surface area is 188 Å². The van der Waals surface area contributed by atoms with E-state index in [0.29, 0.717) is 15.8 Å². The van der Waals surface area contributed by atoms with Gasteiger partial charge in [0.1, 0.15) is 11.8 Å². The zero-order chi connectivity index (χ0) is 22.5. The highest BCUT2D eigenvalue weighted by atomic mass is 35.5. The molecule has 0 aliphatic rings. The molecular weight excluding hydrogens is 423 g/mol. The minimum atomic E-state index is -0.702. The molecule has 162 valence electrons. The molecule has 0 aromatic heterocycles. The quantitative estimate of drug-likeness (QED) is 0.644. The second kappa shape index (κ2) is 10.2. The maximum Gasteiger partial charge on any atom is 0.261 e. The predicted octanol–water partition coefficient (Wildman–Crippen LogP) is 5.01. The molecule has 0 spiro atoms. The van der Waals surface area contributed by atoms with Crippen molar-refractivity contribution in [1.29, 1.82) is 0 Å². The molecule has 1 N–H and O–H groups in total. The summed E-state index contributed by atoms with van der Waals surface area (Å²) in [5.41, 5.74) is 1.28. The first-order chi connectivity index (χ1) is 14.0. The zero-order valence-corrected chi connectivity index (χ0v) is 19.5. The number of carbonyl (C=O) groups excluding carboxylic acids is 2. The smallest absolute Gasteiger partial charge is 0.261 e. The summed E-state index contributed by atoms with van der Waals surface area (Å²) in [6.07, 6.45) is 0. The Hall–Kier alpha value is -2.24. The largest absolute Gasteiger partial charge is 0.484 e. The molecule has 0 aliphatic heterocycles. The summed E-state index contributed by atoms with van der Waals surface area (Å²) >= 11 is 12.1. The molecule has 0 heterocycles. The van der Waals surface area contributed by atoms with E-state index in [-0.39, 0.29) is 25.0 Å². The van der Waals surface area contributed by atoms with Gasteiger partial charge in [-0.25, -0.2) is 0 Å². The monoisotopic (exact) mass is 450 g/mol. The van der Waals surface area contributed by atoms with Crippen LogP contribution < -0.4 is 10.1 Å². The number of hydrogen-bond acceptors (Lipinski definition) is 3. The van der Waals surface area contributed by atoms with Gasteiger partial charge < -0.3 is 15.0 Å². The van der Waals surface area contributed by atoms with Gasteiger partial charge in [0.2, 0.25) is 5.91 Å². The standard InChI is InChI=1S/C23H28Cl2N2O3/c1-15-8-6-7-9-20(15)30-14-21(28)27(16(2)22(29)26-23(3,4)5)13-17-10-11-18(24)19(25)12-17/h6-12,16H,13-14H2,1-5H3,(H,26,29)/t16-/m1/s1. The summed E-state index contributed by atoms with van der Waals surface area (Å²) in [6, 6.07) is 11.9. The van der Waals surface area contributed by atoms with Gasteiger partial charge in [0.15, 0.2) is 6.61 Å². The topological polar surface area (TPSA) is 58.6 Å². The molecule has 0 aliphatic carbocycles. The average molecular weight is 451 g/mol. The van der Waals surface area contributed by atoms with E-state index < -0.39 is 11.6 Å². The van der Waals surface area contributed by atoms with Crippen molar-refractivity contribution in [2.24, 2.45) is 0 Å². The lowest BCUT2D eigenvalue weighted by atomic mass is 10.1. The van der Waals surface area contributed by atoms with E-state index in [2.05, 4.69) is 5.32 Å². The van der Waals surface area contributed by atoms with Crippen LogP contribution in [0.1, 0.15) is 38.8 Å². The molecule has 1 atom stereocenters. The van der Waals surface area contributed by atoms with Crippen LogP contribution in [-0.4, -0.2) is 34.9 Å². The molecule has 0 unspecified atom stereocenters. The molecule has 30 heavy (non-hydrogen) atoms. The SMILES string of the molecule is Cc1ccccc1OCC(=O)N(Cc1ccc(Cl)c(Cl)c1)[C@H](C)C(=O)NC(C)(C)C. The van der Waals surface area contributed by atoms with Crippen LogP contribution in [-0.2, 0) is 16.1 Å². The van der Waals surface area contributed by atoms with Gasteiger partial charge >= 0.3 is 0 Å². The number of carbonyl (C=O) groups is 2. The lowest BCUT2D eigenvalue weighted by molar-refractivity contribution is -0.142. The number of hydrogen-bond donors (Lipinski definition) is 1. The van der Waals surface area contributed by atoms with Crippen molar-refractivity contribution in [3.8, 4) is 5.75 Å². The van der Waals surface area contributed by atoms with Crippen molar-refractivity contribution in [1.82, 2.24) is 10.2 Å². The van der Waals surface area contributed by atoms with Gasteiger partial charge in [-0.3, -0.25) is 9.59 Å². The zero-order valence-electron chi connectivity index (χ0n) is 18.0. The molecule has 5 nitrogen and oxygen atoms in total. The minimum absolute atomic E-state index is 0.181. The van der Waals surface area contributed by atoms with E-state index in [9.17, 15) is 9.59 Å². The highest BCUT2D eigenvalue weighted by Crippen LogP contribution is 2.24. The van der Waals surface area contributed by atoms with E-state index in [1.807, 2.05) is 52.0 Å². The summed E-state index contributed by atoms with van der Waals surface area (Å²) in [5, 5.41) is 3.75. The van der Waals surface area contributed by atoms with Crippen LogP contribution in [0.2, 0.25) is 10.0 Å². The molecule has 2 aromatic rings. The van der Waals surface area contributed by atoms with Gasteiger partial charge in [0.25, 0.3) is 5.91 Å². The van der Waals surface area contributed by atoms with Crippen LogP contribution in [0.5, 0.6) is 5.75 Å².